The number of hydrogen-bond acceptors (Lipinski definition) is 5. The predicted octanol–water partition coefficient (Wildman–Crippen LogP) is 2.91. The Labute approximate surface area is 178 Å². The predicted molar refractivity (Wildman–Crippen MR) is 115 cm³/mol. The molecule has 6 nitrogen and oxygen atoms in total. The number of likely N-dealkylation sites (tertiary alicyclic amines) is 1. The Balaban J connectivity index is 1.31. The van der Waals surface area contributed by atoms with Crippen LogP contribution in [0.25, 0.3) is 0 Å². The highest BCUT2D eigenvalue weighted by molar-refractivity contribution is 5.77. The molecule has 2 aromatic rings. The minimum Gasteiger partial charge on any atom is -0.493 e. The van der Waals surface area contributed by atoms with Gasteiger partial charge in [0.05, 0.1) is 21.3 Å². The number of ether oxygens (including phenoxy) is 3. The van der Waals surface area contributed by atoms with Crippen LogP contribution in [0.1, 0.15) is 23.1 Å². The summed E-state index contributed by atoms with van der Waals surface area (Å²) in [4.78, 5) is 17.2. The van der Waals surface area contributed by atoms with Crippen molar-refractivity contribution in [2.45, 2.75) is 31.8 Å². The summed E-state index contributed by atoms with van der Waals surface area (Å²) in [5.41, 5.74) is 3.84. The molecule has 30 heavy (non-hydrogen) atoms. The van der Waals surface area contributed by atoms with Gasteiger partial charge in [0, 0.05) is 38.6 Å². The van der Waals surface area contributed by atoms with E-state index >= 15 is 0 Å². The number of carbonyl (C=O) groups is 1. The number of aryl methyl sites for hydroxylation is 1. The topological polar surface area (TPSA) is 51.2 Å². The number of benzene rings is 2. The summed E-state index contributed by atoms with van der Waals surface area (Å²) >= 11 is 0. The van der Waals surface area contributed by atoms with Crippen LogP contribution in [-0.2, 0) is 24.2 Å². The first-order chi connectivity index (χ1) is 14.6. The van der Waals surface area contributed by atoms with E-state index in [0.29, 0.717) is 36.1 Å². The van der Waals surface area contributed by atoms with Gasteiger partial charge in [0.25, 0.3) is 0 Å². The van der Waals surface area contributed by atoms with Gasteiger partial charge in [0.15, 0.2) is 11.5 Å². The van der Waals surface area contributed by atoms with Gasteiger partial charge in [0.2, 0.25) is 11.7 Å². The van der Waals surface area contributed by atoms with Crippen molar-refractivity contribution in [3.8, 4) is 17.2 Å². The van der Waals surface area contributed by atoms with Crippen LogP contribution in [-0.4, -0.2) is 62.7 Å². The van der Waals surface area contributed by atoms with Crippen LogP contribution in [0.15, 0.2) is 36.4 Å². The Hall–Kier alpha value is -2.73. The number of methoxy groups -OCH3 is 3. The van der Waals surface area contributed by atoms with E-state index in [1.54, 1.807) is 21.3 Å². The molecule has 0 spiro atoms. The van der Waals surface area contributed by atoms with E-state index in [1.165, 1.54) is 11.1 Å². The molecule has 0 saturated carbocycles. The van der Waals surface area contributed by atoms with Gasteiger partial charge in [-0.1, -0.05) is 30.3 Å². The zero-order valence-electron chi connectivity index (χ0n) is 18.0. The molecule has 2 heterocycles. The van der Waals surface area contributed by atoms with Gasteiger partial charge in [-0.3, -0.25) is 9.69 Å². The lowest BCUT2D eigenvalue weighted by molar-refractivity contribution is -0.138. The second-order valence-corrected chi connectivity index (χ2v) is 7.94. The summed E-state index contributed by atoms with van der Waals surface area (Å²) in [6.45, 7) is 3.71. The quantitative estimate of drug-likeness (QED) is 0.703. The van der Waals surface area contributed by atoms with Crippen molar-refractivity contribution in [3.63, 3.8) is 0 Å². The van der Waals surface area contributed by atoms with Gasteiger partial charge < -0.3 is 19.1 Å². The van der Waals surface area contributed by atoms with Crippen molar-refractivity contribution < 1.29 is 19.0 Å². The fourth-order valence-corrected chi connectivity index (χ4v) is 4.48. The maximum atomic E-state index is 12.7. The van der Waals surface area contributed by atoms with Crippen molar-refractivity contribution in [1.82, 2.24) is 9.80 Å². The van der Waals surface area contributed by atoms with Crippen molar-refractivity contribution in [1.29, 1.82) is 0 Å². The lowest BCUT2D eigenvalue weighted by atomic mass is 9.96. The van der Waals surface area contributed by atoms with E-state index < -0.39 is 0 Å². The van der Waals surface area contributed by atoms with E-state index in [0.717, 1.165) is 38.2 Å². The third kappa shape index (κ3) is 3.97. The highest BCUT2D eigenvalue weighted by Gasteiger charge is 2.35. The SMILES string of the molecule is COc1ccc(CCC(=O)N2CC(N3CCc4ccccc4C3)C2)c(OC)c1OC. The highest BCUT2D eigenvalue weighted by Crippen LogP contribution is 2.40. The number of amides is 1. The van der Waals surface area contributed by atoms with E-state index in [2.05, 4.69) is 29.2 Å². The van der Waals surface area contributed by atoms with Crippen LogP contribution in [0, 0.1) is 0 Å². The zero-order chi connectivity index (χ0) is 21.1. The average molecular weight is 411 g/mol. The number of carbonyl (C=O) groups excluding carboxylic acids is 1. The normalized spacial score (nSPS) is 16.6. The number of fused-ring (bicyclic) bond motifs is 1. The molecule has 0 bridgehead atoms. The Morgan fingerprint density at radius 2 is 1.70 bits per heavy atom. The van der Waals surface area contributed by atoms with E-state index in [1.807, 2.05) is 17.0 Å². The Morgan fingerprint density at radius 1 is 0.967 bits per heavy atom. The lowest BCUT2D eigenvalue weighted by Gasteiger charge is -2.47. The minimum atomic E-state index is 0.195. The molecule has 1 fully saturated rings. The fraction of sp³-hybridized carbons (Fsp3) is 0.458. The number of hydrogen-bond donors (Lipinski definition) is 0. The summed E-state index contributed by atoms with van der Waals surface area (Å²) in [5, 5.41) is 0. The van der Waals surface area contributed by atoms with Gasteiger partial charge in [-0.15, -0.1) is 0 Å². The smallest absolute Gasteiger partial charge is 0.223 e. The van der Waals surface area contributed by atoms with Gasteiger partial charge in [-0.05, 0) is 35.6 Å². The molecule has 6 heteroatoms. The van der Waals surface area contributed by atoms with Crippen molar-refractivity contribution in [3.05, 3.63) is 53.1 Å². The zero-order valence-corrected chi connectivity index (χ0v) is 18.0. The van der Waals surface area contributed by atoms with Crippen LogP contribution < -0.4 is 14.2 Å². The molecule has 0 atom stereocenters. The largest absolute Gasteiger partial charge is 0.493 e. The second kappa shape index (κ2) is 8.96. The van der Waals surface area contributed by atoms with Gasteiger partial charge in [-0.2, -0.15) is 0 Å². The molecule has 1 amide bonds. The molecule has 160 valence electrons. The maximum absolute atomic E-state index is 12.7. The fourth-order valence-electron chi connectivity index (χ4n) is 4.48. The standard InChI is InChI=1S/C24H30N2O4/c1-28-21-10-8-18(23(29-2)24(21)30-3)9-11-22(27)26-15-20(16-26)25-13-12-17-6-4-5-7-19(17)14-25/h4-8,10,20H,9,11-16H2,1-3H3. The molecular formula is C24H30N2O4. The summed E-state index contributed by atoms with van der Waals surface area (Å²) < 4.78 is 16.3. The molecule has 0 aromatic heterocycles. The first-order valence-electron chi connectivity index (χ1n) is 10.5. The van der Waals surface area contributed by atoms with Gasteiger partial charge in [0.1, 0.15) is 0 Å². The molecule has 0 N–H and O–H groups in total. The summed E-state index contributed by atoms with van der Waals surface area (Å²) in [5.74, 6) is 2.02. The van der Waals surface area contributed by atoms with Gasteiger partial charge in [-0.25, -0.2) is 0 Å². The Bertz CT molecular complexity index is 908. The van der Waals surface area contributed by atoms with Crippen LogP contribution in [0.3, 0.4) is 0 Å². The maximum Gasteiger partial charge on any atom is 0.223 e. The van der Waals surface area contributed by atoms with Crippen LogP contribution in [0.5, 0.6) is 17.2 Å². The Kier molecular flexibility index (Phi) is 6.13. The van der Waals surface area contributed by atoms with Crippen molar-refractivity contribution in [2.24, 2.45) is 0 Å². The van der Waals surface area contributed by atoms with E-state index in [4.69, 9.17) is 14.2 Å². The summed E-state index contributed by atoms with van der Waals surface area (Å²) in [7, 11) is 4.80. The molecule has 2 aliphatic heterocycles. The van der Waals surface area contributed by atoms with Crippen LogP contribution in [0.2, 0.25) is 0 Å². The number of rotatable bonds is 7. The third-order valence-electron chi connectivity index (χ3n) is 6.29. The summed E-state index contributed by atoms with van der Waals surface area (Å²) in [6, 6.07) is 12.9. The van der Waals surface area contributed by atoms with Gasteiger partial charge >= 0.3 is 0 Å². The third-order valence-corrected chi connectivity index (χ3v) is 6.29. The molecule has 1 saturated heterocycles. The lowest BCUT2D eigenvalue weighted by Crippen LogP contribution is -2.61. The molecule has 0 radical (unpaired) electrons. The van der Waals surface area contributed by atoms with E-state index in [9.17, 15) is 4.79 Å². The first kappa shape index (κ1) is 20.5. The number of nitrogens with zero attached hydrogens (tertiary/aromatic N) is 2. The monoisotopic (exact) mass is 410 g/mol. The van der Waals surface area contributed by atoms with Crippen molar-refractivity contribution >= 4 is 5.91 Å². The molecular weight excluding hydrogens is 380 g/mol. The second-order valence-electron chi connectivity index (χ2n) is 7.94. The molecule has 0 unspecified atom stereocenters. The molecule has 0 aliphatic carbocycles. The first-order valence-corrected chi connectivity index (χ1v) is 10.5. The van der Waals surface area contributed by atoms with Crippen LogP contribution >= 0.6 is 0 Å². The molecule has 4 rings (SSSR count). The van der Waals surface area contributed by atoms with Crippen molar-refractivity contribution in [2.75, 3.05) is 41.0 Å². The summed E-state index contributed by atoms with van der Waals surface area (Å²) in [6.07, 6.45) is 2.17. The minimum absolute atomic E-state index is 0.195. The van der Waals surface area contributed by atoms with E-state index in [-0.39, 0.29) is 5.91 Å². The molecule has 2 aliphatic rings. The van der Waals surface area contributed by atoms with Crippen LogP contribution in [0.4, 0.5) is 0 Å². The molecule has 2 aromatic carbocycles. The highest BCUT2D eigenvalue weighted by atomic mass is 16.5. The Morgan fingerprint density at radius 3 is 2.40 bits per heavy atom. The average Bonchev–Trinajstić information content (AvgIpc) is 2.75.